The first kappa shape index (κ1) is 7.61. The van der Waals surface area contributed by atoms with Gasteiger partial charge < -0.3 is 4.84 Å². The second kappa shape index (κ2) is 3.06. The van der Waals surface area contributed by atoms with Gasteiger partial charge in [-0.2, -0.15) is 5.48 Å². The Hall–Kier alpha value is -0.500. The molecule has 1 rings (SSSR count). The number of allylic oxidation sites excluding steroid dienone is 1. The Bertz CT molecular complexity index is 140. The molecule has 1 atom stereocenters. The summed E-state index contributed by atoms with van der Waals surface area (Å²) >= 11 is 0. The van der Waals surface area contributed by atoms with Crippen LogP contribution >= 0.6 is 0 Å². The predicted molar refractivity (Wildman–Crippen MR) is 41.2 cm³/mol. The lowest BCUT2D eigenvalue weighted by molar-refractivity contribution is 0.112. The lowest BCUT2D eigenvalue weighted by Crippen LogP contribution is -2.22. The van der Waals surface area contributed by atoms with Crippen molar-refractivity contribution in [3.63, 3.8) is 0 Å². The smallest absolute Gasteiger partial charge is 0.118 e. The van der Waals surface area contributed by atoms with E-state index < -0.39 is 0 Å². The highest BCUT2D eigenvalue weighted by atomic mass is 16.7. The molecule has 1 aliphatic rings. The van der Waals surface area contributed by atoms with Crippen LogP contribution in [0, 0.1) is 5.92 Å². The van der Waals surface area contributed by atoms with Crippen LogP contribution in [-0.2, 0) is 4.84 Å². The van der Waals surface area contributed by atoms with Crippen molar-refractivity contribution in [2.24, 2.45) is 5.92 Å². The van der Waals surface area contributed by atoms with Crippen LogP contribution in [0.2, 0.25) is 0 Å². The highest BCUT2D eigenvalue weighted by Gasteiger charge is 2.14. The SMILES string of the molecule is CC1=CC(CC(C)C)NO1. The third-order valence-corrected chi connectivity index (χ3v) is 1.53. The molecule has 1 unspecified atom stereocenters. The molecular weight excluding hydrogens is 126 g/mol. The quantitative estimate of drug-likeness (QED) is 0.633. The molecule has 2 nitrogen and oxygen atoms in total. The minimum atomic E-state index is 0.431. The molecule has 2 heteroatoms. The van der Waals surface area contributed by atoms with Gasteiger partial charge >= 0.3 is 0 Å². The van der Waals surface area contributed by atoms with Gasteiger partial charge in [0.15, 0.2) is 0 Å². The van der Waals surface area contributed by atoms with Crippen molar-refractivity contribution in [3.8, 4) is 0 Å². The van der Waals surface area contributed by atoms with E-state index in [1.54, 1.807) is 0 Å². The molecule has 1 aliphatic heterocycles. The molecule has 0 aromatic heterocycles. The maximum absolute atomic E-state index is 5.08. The van der Waals surface area contributed by atoms with Gasteiger partial charge in [-0.25, -0.2) is 0 Å². The van der Waals surface area contributed by atoms with Gasteiger partial charge in [0, 0.05) is 0 Å². The van der Waals surface area contributed by atoms with Crippen molar-refractivity contribution in [2.45, 2.75) is 33.2 Å². The van der Waals surface area contributed by atoms with Gasteiger partial charge in [-0.15, -0.1) is 0 Å². The summed E-state index contributed by atoms with van der Waals surface area (Å²) in [5.74, 6) is 1.72. The van der Waals surface area contributed by atoms with E-state index in [1.165, 1.54) is 0 Å². The summed E-state index contributed by atoms with van der Waals surface area (Å²) < 4.78 is 0. The van der Waals surface area contributed by atoms with Crippen molar-refractivity contribution >= 4 is 0 Å². The molecule has 58 valence electrons. The average Bonchev–Trinajstić information content (AvgIpc) is 2.13. The highest BCUT2D eigenvalue weighted by Crippen LogP contribution is 2.13. The average molecular weight is 141 g/mol. The summed E-state index contributed by atoms with van der Waals surface area (Å²) in [4.78, 5) is 5.08. The second-order valence-corrected chi connectivity index (χ2v) is 3.23. The van der Waals surface area contributed by atoms with E-state index in [0.29, 0.717) is 6.04 Å². The Balaban J connectivity index is 2.31. The first-order chi connectivity index (χ1) is 4.68. The van der Waals surface area contributed by atoms with Crippen LogP contribution in [0.4, 0.5) is 0 Å². The molecule has 0 aromatic carbocycles. The largest absolute Gasteiger partial charge is 0.413 e. The zero-order valence-electron chi connectivity index (χ0n) is 6.85. The van der Waals surface area contributed by atoms with Crippen LogP contribution in [0.1, 0.15) is 27.2 Å². The lowest BCUT2D eigenvalue weighted by atomic mass is 10.0. The van der Waals surface area contributed by atoms with E-state index in [1.807, 2.05) is 6.92 Å². The molecule has 10 heavy (non-hydrogen) atoms. The van der Waals surface area contributed by atoms with Crippen molar-refractivity contribution in [1.82, 2.24) is 5.48 Å². The van der Waals surface area contributed by atoms with E-state index in [9.17, 15) is 0 Å². The van der Waals surface area contributed by atoms with Gasteiger partial charge in [0.25, 0.3) is 0 Å². The van der Waals surface area contributed by atoms with Crippen LogP contribution in [0.15, 0.2) is 11.8 Å². The second-order valence-electron chi connectivity index (χ2n) is 3.23. The summed E-state index contributed by atoms with van der Waals surface area (Å²) in [7, 11) is 0. The first-order valence-electron chi connectivity index (χ1n) is 3.79. The summed E-state index contributed by atoms with van der Waals surface area (Å²) in [6, 6.07) is 0.431. The van der Waals surface area contributed by atoms with Crippen molar-refractivity contribution in [2.75, 3.05) is 0 Å². The number of hydroxylamine groups is 1. The molecule has 1 heterocycles. The van der Waals surface area contributed by atoms with E-state index in [0.717, 1.165) is 18.1 Å². The van der Waals surface area contributed by atoms with Crippen LogP contribution < -0.4 is 5.48 Å². The summed E-state index contributed by atoms with van der Waals surface area (Å²) in [6.07, 6.45) is 3.28. The normalized spacial score (nSPS) is 24.8. The minimum Gasteiger partial charge on any atom is -0.413 e. The topological polar surface area (TPSA) is 21.3 Å². The highest BCUT2D eigenvalue weighted by molar-refractivity contribution is 5.01. The van der Waals surface area contributed by atoms with Gasteiger partial charge in [-0.05, 0) is 25.3 Å². The fourth-order valence-electron chi connectivity index (χ4n) is 1.14. The van der Waals surface area contributed by atoms with Gasteiger partial charge in [-0.3, -0.25) is 0 Å². The molecule has 0 spiro atoms. The lowest BCUT2D eigenvalue weighted by Gasteiger charge is -2.09. The van der Waals surface area contributed by atoms with Crippen LogP contribution in [0.3, 0.4) is 0 Å². The monoisotopic (exact) mass is 141 g/mol. The first-order valence-corrected chi connectivity index (χ1v) is 3.79. The van der Waals surface area contributed by atoms with Crippen LogP contribution in [-0.4, -0.2) is 6.04 Å². The zero-order valence-corrected chi connectivity index (χ0v) is 6.85. The molecular formula is C8H15NO. The number of nitrogens with one attached hydrogen (secondary N) is 1. The van der Waals surface area contributed by atoms with E-state index in [4.69, 9.17) is 4.84 Å². The van der Waals surface area contributed by atoms with Gasteiger partial charge in [-0.1, -0.05) is 13.8 Å². The molecule has 0 fully saturated rings. The van der Waals surface area contributed by atoms with Crippen molar-refractivity contribution in [1.29, 1.82) is 0 Å². The van der Waals surface area contributed by atoms with Crippen LogP contribution in [0.5, 0.6) is 0 Å². The molecule has 0 saturated carbocycles. The maximum Gasteiger partial charge on any atom is 0.118 e. The zero-order chi connectivity index (χ0) is 7.56. The molecule has 0 bridgehead atoms. The molecule has 0 saturated heterocycles. The molecule has 0 amide bonds. The van der Waals surface area contributed by atoms with Crippen molar-refractivity contribution < 1.29 is 4.84 Å². The Morgan fingerprint density at radius 2 is 2.40 bits per heavy atom. The van der Waals surface area contributed by atoms with Crippen molar-refractivity contribution in [3.05, 3.63) is 11.8 Å². The van der Waals surface area contributed by atoms with Gasteiger partial charge in [0.2, 0.25) is 0 Å². The standard InChI is InChI=1S/C8H15NO/c1-6(2)4-8-5-7(3)10-9-8/h5-6,8-9H,4H2,1-3H3. The van der Waals surface area contributed by atoms with Gasteiger partial charge in [0.1, 0.15) is 5.76 Å². The summed E-state index contributed by atoms with van der Waals surface area (Å²) in [5.41, 5.74) is 2.95. The van der Waals surface area contributed by atoms with Gasteiger partial charge in [0.05, 0.1) is 6.04 Å². The van der Waals surface area contributed by atoms with E-state index in [-0.39, 0.29) is 0 Å². The van der Waals surface area contributed by atoms with E-state index in [2.05, 4.69) is 25.4 Å². The molecule has 0 aromatic rings. The fourth-order valence-corrected chi connectivity index (χ4v) is 1.14. The molecule has 1 N–H and O–H groups in total. The Kier molecular flexibility index (Phi) is 2.33. The fraction of sp³-hybridized carbons (Fsp3) is 0.750. The molecule has 0 aliphatic carbocycles. The third-order valence-electron chi connectivity index (χ3n) is 1.53. The summed E-state index contributed by atoms with van der Waals surface area (Å²) in [6.45, 7) is 6.39. The number of rotatable bonds is 2. The number of hydrogen-bond acceptors (Lipinski definition) is 2. The Labute approximate surface area is 62.2 Å². The third kappa shape index (κ3) is 2.03. The van der Waals surface area contributed by atoms with E-state index >= 15 is 0 Å². The predicted octanol–water partition coefficient (Wildman–Crippen LogP) is 1.84. The maximum atomic E-state index is 5.08. The molecule has 0 radical (unpaired) electrons. The Morgan fingerprint density at radius 1 is 1.70 bits per heavy atom. The minimum absolute atomic E-state index is 0.431. The van der Waals surface area contributed by atoms with Crippen LogP contribution in [0.25, 0.3) is 0 Å². The number of hydrogen-bond donors (Lipinski definition) is 1. The Morgan fingerprint density at radius 3 is 2.80 bits per heavy atom. The summed E-state index contributed by atoms with van der Waals surface area (Å²) in [5, 5.41) is 0.